The van der Waals surface area contributed by atoms with Gasteiger partial charge in [0.25, 0.3) is 0 Å². The van der Waals surface area contributed by atoms with Crippen LogP contribution < -0.4 is 10.2 Å². The van der Waals surface area contributed by atoms with Gasteiger partial charge in [0.05, 0.1) is 10.5 Å². The SMILES string of the molecule is O=C(Nc1ccc(F)cc1)N1CCN(c2ccnc3cc(Cl)c(F)cc23)CC1. The zero-order valence-electron chi connectivity index (χ0n) is 14.8. The number of rotatable bonds is 2. The minimum absolute atomic E-state index is 0.0411. The van der Waals surface area contributed by atoms with Crippen LogP contribution in [0, 0.1) is 11.6 Å². The third kappa shape index (κ3) is 3.71. The number of hydrogen-bond donors (Lipinski definition) is 1. The number of halogens is 3. The summed E-state index contributed by atoms with van der Waals surface area (Å²) in [7, 11) is 0. The van der Waals surface area contributed by atoms with Gasteiger partial charge in [-0.3, -0.25) is 4.98 Å². The van der Waals surface area contributed by atoms with E-state index in [-0.39, 0.29) is 16.9 Å². The van der Waals surface area contributed by atoms with Crippen molar-refractivity contribution in [2.24, 2.45) is 0 Å². The Morgan fingerprint density at radius 2 is 1.75 bits per heavy atom. The monoisotopic (exact) mass is 402 g/mol. The summed E-state index contributed by atoms with van der Waals surface area (Å²) in [6, 6.07) is 10.2. The van der Waals surface area contributed by atoms with E-state index in [1.807, 2.05) is 6.07 Å². The predicted molar refractivity (Wildman–Crippen MR) is 106 cm³/mol. The van der Waals surface area contributed by atoms with Crippen molar-refractivity contribution in [3.8, 4) is 0 Å². The van der Waals surface area contributed by atoms with Crippen LogP contribution in [-0.4, -0.2) is 42.1 Å². The molecule has 8 heteroatoms. The molecule has 3 aromatic rings. The van der Waals surface area contributed by atoms with Gasteiger partial charge in [0, 0.05) is 49.1 Å². The molecule has 0 radical (unpaired) electrons. The molecule has 1 aliphatic heterocycles. The van der Waals surface area contributed by atoms with Crippen molar-refractivity contribution in [2.75, 3.05) is 36.4 Å². The number of piperazine rings is 1. The molecule has 0 atom stereocenters. The number of pyridine rings is 1. The quantitative estimate of drug-likeness (QED) is 0.685. The van der Waals surface area contributed by atoms with Gasteiger partial charge in [0.1, 0.15) is 11.6 Å². The molecule has 0 bridgehead atoms. The lowest BCUT2D eigenvalue weighted by molar-refractivity contribution is 0.208. The van der Waals surface area contributed by atoms with Crippen molar-refractivity contribution >= 4 is 39.9 Å². The summed E-state index contributed by atoms with van der Waals surface area (Å²) in [6.45, 7) is 2.21. The van der Waals surface area contributed by atoms with Crippen LogP contribution in [0.1, 0.15) is 0 Å². The van der Waals surface area contributed by atoms with Crippen molar-refractivity contribution in [1.82, 2.24) is 9.88 Å². The molecule has 4 rings (SSSR count). The minimum atomic E-state index is -0.485. The number of carbonyl (C=O) groups excluding carboxylic acids is 1. The van der Waals surface area contributed by atoms with Gasteiger partial charge in [0.2, 0.25) is 0 Å². The maximum Gasteiger partial charge on any atom is 0.321 e. The second-order valence-corrected chi connectivity index (χ2v) is 6.93. The van der Waals surface area contributed by atoms with E-state index in [0.29, 0.717) is 42.8 Å². The highest BCUT2D eigenvalue weighted by Crippen LogP contribution is 2.30. The van der Waals surface area contributed by atoms with E-state index in [1.165, 1.54) is 36.4 Å². The highest BCUT2D eigenvalue weighted by atomic mass is 35.5. The van der Waals surface area contributed by atoms with Gasteiger partial charge >= 0.3 is 6.03 Å². The number of hydrogen-bond acceptors (Lipinski definition) is 3. The van der Waals surface area contributed by atoms with Gasteiger partial charge in [-0.15, -0.1) is 0 Å². The van der Waals surface area contributed by atoms with Crippen LogP contribution >= 0.6 is 11.6 Å². The van der Waals surface area contributed by atoms with Crippen molar-refractivity contribution < 1.29 is 13.6 Å². The summed E-state index contributed by atoms with van der Waals surface area (Å²) in [5.74, 6) is -0.838. The van der Waals surface area contributed by atoms with Crippen LogP contribution in [0.2, 0.25) is 5.02 Å². The maximum absolute atomic E-state index is 13.9. The van der Waals surface area contributed by atoms with E-state index in [0.717, 1.165) is 5.69 Å². The first-order chi connectivity index (χ1) is 13.5. The number of nitrogens with one attached hydrogen (secondary N) is 1. The van der Waals surface area contributed by atoms with E-state index in [1.54, 1.807) is 11.1 Å². The zero-order chi connectivity index (χ0) is 19.7. The molecule has 144 valence electrons. The third-order valence-electron chi connectivity index (χ3n) is 4.76. The molecular weight excluding hydrogens is 386 g/mol. The van der Waals surface area contributed by atoms with Gasteiger partial charge < -0.3 is 15.1 Å². The first-order valence-corrected chi connectivity index (χ1v) is 9.19. The van der Waals surface area contributed by atoms with Crippen molar-refractivity contribution in [2.45, 2.75) is 0 Å². The molecule has 0 spiro atoms. The Morgan fingerprint density at radius 1 is 1.04 bits per heavy atom. The number of nitrogens with zero attached hydrogens (tertiary/aromatic N) is 3. The van der Waals surface area contributed by atoms with Crippen LogP contribution in [0.3, 0.4) is 0 Å². The summed E-state index contributed by atoms with van der Waals surface area (Å²) < 4.78 is 26.9. The Labute approximate surface area is 165 Å². The molecule has 0 saturated carbocycles. The number of urea groups is 1. The summed E-state index contributed by atoms with van der Waals surface area (Å²) in [6.07, 6.45) is 1.67. The first kappa shape index (κ1) is 18.4. The highest BCUT2D eigenvalue weighted by Gasteiger charge is 2.23. The van der Waals surface area contributed by atoms with E-state index >= 15 is 0 Å². The first-order valence-electron chi connectivity index (χ1n) is 8.81. The summed E-state index contributed by atoms with van der Waals surface area (Å²) in [4.78, 5) is 20.5. The fourth-order valence-corrected chi connectivity index (χ4v) is 3.45. The Morgan fingerprint density at radius 3 is 2.46 bits per heavy atom. The normalized spacial score (nSPS) is 14.4. The van der Waals surface area contributed by atoms with Gasteiger partial charge in [-0.05, 0) is 42.5 Å². The van der Waals surface area contributed by atoms with Gasteiger partial charge in [-0.25, -0.2) is 13.6 Å². The van der Waals surface area contributed by atoms with E-state index in [9.17, 15) is 13.6 Å². The third-order valence-corrected chi connectivity index (χ3v) is 5.05. The molecule has 1 aliphatic rings. The van der Waals surface area contributed by atoms with Gasteiger partial charge in [0.15, 0.2) is 0 Å². The average Bonchev–Trinajstić information content (AvgIpc) is 2.70. The highest BCUT2D eigenvalue weighted by molar-refractivity contribution is 6.31. The van der Waals surface area contributed by atoms with E-state index in [2.05, 4.69) is 15.2 Å². The Hall–Kier alpha value is -2.93. The Balaban J connectivity index is 1.45. The topological polar surface area (TPSA) is 48.5 Å². The molecule has 2 heterocycles. The molecule has 1 N–H and O–H groups in total. The van der Waals surface area contributed by atoms with Gasteiger partial charge in [-0.2, -0.15) is 0 Å². The maximum atomic E-state index is 13.9. The molecule has 1 aromatic heterocycles. The molecule has 28 heavy (non-hydrogen) atoms. The number of fused-ring (bicyclic) bond motifs is 1. The van der Waals surface area contributed by atoms with Crippen molar-refractivity contribution in [3.05, 3.63) is 65.3 Å². The lowest BCUT2D eigenvalue weighted by atomic mass is 10.1. The van der Waals surface area contributed by atoms with E-state index in [4.69, 9.17) is 11.6 Å². The van der Waals surface area contributed by atoms with Crippen LogP contribution in [0.5, 0.6) is 0 Å². The summed E-state index contributed by atoms with van der Waals surface area (Å²) in [5.41, 5.74) is 2.03. The minimum Gasteiger partial charge on any atom is -0.367 e. The van der Waals surface area contributed by atoms with Crippen LogP contribution in [0.25, 0.3) is 10.9 Å². The zero-order valence-corrected chi connectivity index (χ0v) is 15.6. The summed E-state index contributed by atoms with van der Waals surface area (Å²) in [5, 5.41) is 3.49. The second-order valence-electron chi connectivity index (χ2n) is 6.52. The Kier molecular flexibility index (Phi) is 5.00. The standard InChI is InChI=1S/C20H17ClF2N4O/c21-16-12-18-15(11-17(16)23)19(5-6-24-18)26-7-9-27(10-8-26)20(28)25-14-3-1-13(22)2-4-14/h1-6,11-12H,7-10H2,(H,25,28). The summed E-state index contributed by atoms with van der Waals surface area (Å²) >= 11 is 5.85. The molecule has 2 amide bonds. The predicted octanol–water partition coefficient (Wildman–Crippen LogP) is 4.52. The van der Waals surface area contributed by atoms with Crippen molar-refractivity contribution in [1.29, 1.82) is 0 Å². The van der Waals surface area contributed by atoms with Gasteiger partial charge in [-0.1, -0.05) is 11.6 Å². The number of amides is 2. The largest absolute Gasteiger partial charge is 0.367 e. The number of aromatic nitrogens is 1. The molecule has 1 fully saturated rings. The van der Waals surface area contributed by atoms with E-state index < -0.39 is 5.82 Å². The molecule has 2 aromatic carbocycles. The van der Waals surface area contributed by atoms with Crippen LogP contribution in [-0.2, 0) is 0 Å². The van der Waals surface area contributed by atoms with Crippen LogP contribution in [0.15, 0.2) is 48.7 Å². The fraction of sp³-hybridized carbons (Fsp3) is 0.200. The molecule has 0 unspecified atom stereocenters. The molecule has 0 aliphatic carbocycles. The molecule has 5 nitrogen and oxygen atoms in total. The average molecular weight is 403 g/mol. The number of benzene rings is 2. The van der Waals surface area contributed by atoms with Crippen LogP contribution in [0.4, 0.5) is 25.0 Å². The number of anilines is 2. The lowest BCUT2D eigenvalue weighted by Crippen LogP contribution is -2.50. The Bertz CT molecular complexity index is 1020. The lowest BCUT2D eigenvalue weighted by Gasteiger charge is -2.36. The fourth-order valence-electron chi connectivity index (χ4n) is 3.29. The smallest absolute Gasteiger partial charge is 0.321 e. The molecule has 1 saturated heterocycles. The van der Waals surface area contributed by atoms with Crippen molar-refractivity contribution in [3.63, 3.8) is 0 Å². The number of carbonyl (C=O) groups is 1. The molecular formula is C20H17ClF2N4O. The second kappa shape index (κ2) is 7.59.